The van der Waals surface area contributed by atoms with Crippen molar-refractivity contribution in [2.45, 2.75) is 92.7 Å². The first-order valence-electron chi connectivity index (χ1n) is 13.1. The van der Waals surface area contributed by atoms with Crippen LogP contribution in [0.3, 0.4) is 0 Å². The van der Waals surface area contributed by atoms with E-state index in [1.54, 1.807) is 33.8 Å². The lowest BCUT2D eigenvalue weighted by Gasteiger charge is -2.19. The average molecular weight is 522 g/mol. The summed E-state index contributed by atoms with van der Waals surface area (Å²) >= 11 is 0. The fourth-order valence-electron chi connectivity index (χ4n) is 3.14. The van der Waals surface area contributed by atoms with Crippen LogP contribution in [0.15, 0.2) is 18.2 Å². The van der Waals surface area contributed by atoms with Crippen molar-refractivity contribution in [2.24, 2.45) is 23.5 Å². The van der Waals surface area contributed by atoms with Gasteiger partial charge in [-0.3, -0.25) is 19.2 Å². The maximum Gasteiger partial charge on any atom is 0.323 e. The third-order valence-corrected chi connectivity index (χ3v) is 6.12. The van der Waals surface area contributed by atoms with Gasteiger partial charge < -0.3 is 24.7 Å². The zero-order valence-electron chi connectivity index (χ0n) is 23.2. The molecule has 0 radical (unpaired) electrons. The van der Waals surface area contributed by atoms with E-state index >= 15 is 0 Å². The molecule has 0 bridgehead atoms. The second-order valence-corrected chi connectivity index (χ2v) is 9.62. The van der Waals surface area contributed by atoms with Gasteiger partial charge in [-0.25, -0.2) is 0 Å². The van der Waals surface area contributed by atoms with Crippen LogP contribution in [0.2, 0.25) is 0 Å². The summed E-state index contributed by atoms with van der Waals surface area (Å²) in [7, 11) is 0. The lowest BCUT2D eigenvalue weighted by Crippen LogP contribution is -2.37. The molecule has 0 aliphatic rings. The molecular weight excluding hydrogens is 478 g/mol. The molecule has 0 heterocycles. The largest absolute Gasteiger partial charge is 0.462 e. The molecule has 0 saturated heterocycles. The van der Waals surface area contributed by atoms with E-state index in [2.05, 4.69) is 0 Å². The Labute approximate surface area is 220 Å². The first-order valence-corrected chi connectivity index (χ1v) is 13.1. The number of carbonyl (C=O) groups excluding carboxylic acids is 4. The maximum atomic E-state index is 12.5. The van der Waals surface area contributed by atoms with Gasteiger partial charge in [-0.15, -0.1) is 0 Å². The second-order valence-electron chi connectivity index (χ2n) is 9.62. The van der Waals surface area contributed by atoms with Gasteiger partial charge >= 0.3 is 23.9 Å². The Kier molecular flexibility index (Phi) is 13.9. The van der Waals surface area contributed by atoms with Crippen LogP contribution in [-0.4, -0.2) is 42.6 Å². The molecule has 9 heteroatoms. The molecular formula is C28H43NO8. The lowest BCUT2D eigenvalue weighted by atomic mass is 10.1. The Morgan fingerprint density at radius 2 is 1.35 bits per heavy atom. The molecule has 37 heavy (non-hydrogen) atoms. The quantitative estimate of drug-likeness (QED) is 0.264. The fraction of sp³-hybridized carbons (Fsp3) is 0.643. The Hall–Kier alpha value is -2.94. The van der Waals surface area contributed by atoms with Crippen LogP contribution >= 0.6 is 0 Å². The van der Waals surface area contributed by atoms with E-state index < -0.39 is 30.1 Å². The molecule has 1 aromatic rings. The highest BCUT2D eigenvalue weighted by molar-refractivity contribution is 5.79. The van der Waals surface area contributed by atoms with Gasteiger partial charge in [0.05, 0.1) is 17.8 Å². The van der Waals surface area contributed by atoms with E-state index in [-0.39, 0.29) is 48.2 Å². The average Bonchev–Trinajstić information content (AvgIpc) is 2.87. The summed E-state index contributed by atoms with van der Waals surface area (Å²) in [6, 6.07) is 3.69. The van der Waals surface area contributed by atoms with Crippen LogP contribution in [0, 0.1) is 17.8 Å². The van der Waals surface area contributed by atoms with Crippen molar-refractivity contribution in [3.8, 4) is 11.5 Å². The Bertz CT molecular complexity index is 915. The molecule has 0 aliphatic carbocycles. The van der Waals surface area contributed by atoms with E-state index in [1.165, 1.54) is 12.1 Å². The molecule has 0 spiro atoms. The molecule has 1 aromatic carbocycles. The molecule has 208 valence electrons. The summed E-state index contributed by atoms with van der Waals surface area (Å²) < 4.78 is 21.6. The van der Waals surface area contributed by atoms with E-state index in [0.717, 1.165) is 12.8 Å². The van der Waals surface area contributed by atoms with Crippen LogP contribution in [0.25, 0.3) is 0 Å². The molecule has 0 fully saturated rings. The van der Waals surface area contributed by atoms with Crippen molar-refractivity contribution in [3.05, 3.63) is 23.8 Å². The third-order valence-electron chi connectivity index (χ3n) is 6.12. The van der Waals surface area contributed by atoms with Gasteiger partial charge in [0.2, 0.25) is 0 Å². The van der Waals surface area contributed by atoms with Crippen molar-refractivity contribution < 1.29 is 38.1 Å². The van der Waals surface area contributed by atoms with Crippen LogP contribution in [0.5, 0.6) is 11.5 Å². The maximum absolute atomic E-state index is 12.5. The first kappa shape index (κ1) is 32.1. The number of carbonyl (C=O) groups is 4. The number of nitrogens with two attached hydrogens (primary N) is 1. The second kappa shape index (κ2) is 16.0. The highest BCUT2D eigenvalue weighted by Crippen LogP contribution is 2.31. The highest BCUT2D eigenvalue weighted by Gasteiger charge is 2.23. The standard InChI is InChI=1S/C28H43NO8/c1-8-11-19(6)25(30)34-16-20(7)35-28(33)22(29)14-21-12-13-23(36-26(31)17(4)9-2)24(15-21)37-27(32)18(5)10-3/h12-13,15,17-20,22H,8-11,14,16,29H2,1-7H3/t17?,18?,19?,20-,22-/m0/s1. The van der Waals surface area contributed by atoms with Crippen molar-refractivity contribution in [2.75, 3.05) is 6.61 Å². The summed E-state index contributed by atoms with van der Waals surface area (Å²) in [6.45, 7) is 12.6. The molecule has 9 nitrogen and oxygen atoms in total. The molecule has 1 rings (SSSR count). The normalized spacial score (nSPS) is 15.0. The van der Waals surface area contributed by atoms with Gasteiger partial charge in [0, 0.05) is 0 Å². The zero-order valence-corrected chi connectivity index (χ0v) is 23.2. The Morgan fingerprint density at radius 1 is 0.784 bits per heavy atom. The van der Waals surface area contributed by atoms with Gasteiger partial charge in [-0.1, -0.05) is 54.0 Å². The van der Waals surface area contributed by atoms with Crippen molar-refractivity contribution in [3.63, 3.8) is 0 Å². The highest BCUT2D eigenvalue weighted by atomic mass is 16.6. The number of rotatable bonds is 15. The van der Waals surface area contributed by atoms with E-state index in [4.69, 9.17) is 24.7 Å². The predicted octanol–water partition coefficient (Wildman–Crippen LogP) is 4.37. The summed E-state index contributed by atoms with van der Waals surface area (Å²) in [6.07, 6.45) is 2.21. The number of hydrogen-bond donors (Lipinski definition) is 1. The number of ether oxygens (including phenoxy) is 4. The predicted molar refractivity (Wildman–Crippen MR) is 139 cm³/mol. The number of hydrogen-bond acceptors (Lipinski definition) is 9. The van der Waals surface area contributed by atoms with Gasteiger partial charge in [-0.2, -0.15) is 0 Å². The summed E-state index contributed by atoms with van der Waals surface area (Å²) in [5.41, 5.74) is 6.65. The minimum Gasteiger partial charge on any atom is -0.462 e. The number of benzene rings is 1. The van der Waals surface area contributed by atoms with Crippen molar-refractivity contribution in [1.29, 1.82) is 0 Å². The van der Waals surface area contributed by atoms with Crippen LogP contribution in [0.1, 0.15) is 79.7 Å². The monoisotopic (exact) mass is 521 g/mol. The van der Waals surface area contributed by atoms with E-state index in [0.29, 0.717) is 18.4 Å². The topological polar surface area (TPSA) is 131 Å². The Morgan fingerprint density at radius 3 is 1.89 bits per heavy atom. The molecule has 5 atom stereocenters. The fourth-order valence-corrected chi connectivity index (χ4v) is 3.14. The minimum absolute atomic E-state index is 0.0582. The van der Waals surface area contributed by atoms with E-state index in [9.17, 15) is 19.2 Å². The summed E-state index contributed by atoms with van der Waals surface area (Å²) in [5, 5.41) is 0. The number of esters is 4. The molecule has 0 aliphatic heterocycles. The zero-order chi connectivity index (χ0) is 28.1. The summed E-state index contributed by atoms with van der Waals surface area (Å²) in [5.74, 6) is -2.56. The minimum atomic E-state index is -1.01. The molecule has 0 saturated carbocycles. The van der Waals surface area contributed by atoms with Gasteiger partial charge in [-0.05, 0) is 50.3 Å². The molecule has 2 N–H and O–H groups in total. The van der Waals surface area contributed by atoms with E-state index in [1.807, 2.05) is 20.8 Å². The third kappa shape index (κ3) is 10.9. The van der Waals surface area contributed by atoms with Gasteiger partial charge in [0.1, 0.15) is 18.8 Å². The van der Waals surface area contributed by atoms with Crippen molar-refractivity contribution >= 4 is 23.9 Å². The van der Waals surface area contributed by atoms with Gasteiger partial charge in [0.15, 0.2) is 11.5 Å². The summed E-state index contributed by atoms with van der Waals surface area (Å²) in [4.78, 5) is 49.2. The SMILES string of the molecule is CCCC(C)C(=O)OC[C@H](C)OC(=O)[C@@H](N)Cc1ccc(OC(=O)C(C)CC)c(OC(=O)C(C)CC)c1. The molecule has 0 aromatic heterocycles. The molecule has 3 unspecified atom stereocenters. The smallest absolute Gasteiger partial charge is 0.323 e. The molecule has 0 amide bonds. The Balaban J connectivity index is 2.88. The van der Waals surface area contributed by atoms with Crippen molar-refractivity contribution in [1.82, 2.24) is 0 Å². The van der Waals surface area contributed by atoms with Crippen LogP contribution < -0.4 is 15.2 Å². The van der Waals surface area contributed by atoms with Gasteiger partial charge in [0.25, 0.3) is 0 Å². The lowest BCUT2D eigenvalue weighted by molar-refractivity contribution is -0.161. The first-order chi connectivity index (χ1) is 17.4. The van der Waals surface area contributed by atoms with Crippen LogP contribution in [0.4, 0.5) is 0 Å². The van der Waals surface area contributed by atoms with Crippen LogP contribution in [-0.2, 0) is 35.1 Å².